The number of halogens is 3. The zero-order chi connectivity index (χ0) is 14.9. The molecule has 1 fully saturated rings. The average molecular weight is 283 g/mol. The largest absolute Gasteiger partial charge is 0.444 e. The first-order valence-electron chi connectivity index (χ1n) is 6.17. The molecule has 4 nitrogen and oxygen atoms in total. The summed E-state index contributed by atoms with van der Waals surface area (Å²) in [6.45, 7) is 5.22. The summed E-state index contributed by atoms with van der Waals surface area (Å²) < 4.78 is 41.0. The van der Waals surface area contributed by atoms with Crippen molar-refractivity contribution in [2.45, 2.75) is 57.4 Å². The van der Waals surface area contributed by atoms with E-state index in [2.05, 4.69) is 0 Å². The SMILES string of the molecule is CC(C)(C)OC(=O)N1CC(O)(CCCC(F)(F)F)C1. The number of rotatable bonds is 3. The summed E-state index contributed by atoms with van der Waals surface area (Å²) in [7, 11) is 0. The number of likely N-dealkylation sites (tertiary alicyclic amines) is 1. The normalized spacial score (nSPS) is 19.0. The van der Waals surface area contributed by atoms with Crippen molar-refractivity contribution in [2.75, 3.05) is 13.1 Å². The van der Waals surface area contributed by atoms with E-state index in [0.717, 1.165) is 0 Å². The van der Waals surface area contributed by atoms with Crippen LogP contribution in [0.1, 0.15) is 40.0 Å². The fourth-order valence-electron chi connectivity index (χ4n) is 1.90. The molecule has 7 heteroatoms. The van der Waals surface area contributed by atoms with Gasteiger partial charge in [-0.15, -0.1) is 0 Å². The van der Waals surface area contributed by atoms with Crippen LogP contribution in [-0.4, -0.2) is 46.6 Å². The maximum atomic E-state index is 12.0. The third kappa shape index (κ3) is 5.67. The van der Waals surface area contributed by atoms with Crippen LogP contribution in [0.5, 0.6) is 0 Å². The van der Waals surface area contributed by atoms with Crippen LogP contribution >= 0.6 is 0 Å². The minimum atomic E-state index is -4.20. The summed E-state index contributed by atoms with van der Waals surface area (Å²) in [6.07, 6.45) is -5.77. The Kier molecular flexibility index (Phi) is 4.39. The molecule has 0 aromatic carbocycles. The Labute approximate surface area is 110 Å². The molecule has 0 radical (unpaired) electrons. The second kappa shape index (κ2) is 5.19. The van der Waals surface area contributed by atoms with Gasteiger partial charge < -0.3 is 14.7 Å². The van der Waals surface area contributed by atoms with E-state index in [9.17, 15) is 23.1 Å². The van der Waals surface area contributed by atoms with Gasteiger partial charge in [0.2, 0.25) is 0 Å². The van der Waals surface area contributed by atoms with E-state index < -0.39 is 29.9 Å². The van der Waals surface area contributed by atoms with Gasteiger partial charge in [0.25, 0.3) is 0 Å². The van der Waals surface area contributed by atoms with E-state index in [1.165, 1.54) is 4.90 Å². The lowest BCUT2D eigenvalue weighted by atomic mass is 9.89. The highest BCUT2D eigenvalue weighted by atomic mass is 19.4. The lowest BCUT2D eigenvalue weighted by Gasteiger charge is -2.46. The third-order valence-electron chi connectivity index (χ3n) is 2.72. The Morgan fingerprint density at radius 1 is 1.32 bits per heavy atom. The predicted octanol–water partition coefficient (Wildman–Crippen LogP) is 2.70. The van der Waals surface area contributed by atoms with E-state index in [4.69, 9.17) is 4.74 Å². The fourth-order valence-corrected chi connectivity index (χ4v) is 1.90. The van der Waals surface area contributed by atoms with Crippen LogP contribution in [0.25, 0.3) is 0 Å². The van der Waals surface area contributed by atoms with E-state index in [1.54, 1.807) is 20.8 Å². The summed E-state index contributed by atoms with van der Waals surface area (Å²) in [5.74, 6) is 0. The Hall–Kier alpha value is -0.980. The molecule has 1 aliphatic rings. The first kappa shape index (κ1) is 16.1. The van der Waals surface area contributed by atoms with E-state index >= 15 is 0 Å². The molecular weight excluding hydrogens is 263 g/mol. The summed E-state index contributed by atoms with van der Waals surface area (Å²) >= 11 is 0. The first-order chi connectivity index (χ1) is 8.40. The summed E-state index contributed by atoms with van der Waals surface area (Å²) in [6, 6.07) is 0. The van der Waals surface area contributed by atoms with E-state index in [1.807, 2.05) is 0 Å². The van der Waals surface area contributed by atoms with Crippen molar-refractivity contribution in [3.63, 3.8) is 0 Å². The highest BCUT2D eigenvalue weighted by Gasteiger charge is 2.45. The Morgan fingerprint density at radius 2 is 1.84 bits per heavy atom. The molecule has 0 aromatic heterocycles. The molecule has 0 aromatic rings. The maximum Gasteiger partial charge on any atom is 0.410 e. The molecule has 19 heavy (non-hydrogen) atoms. The van der Waals surface area contributed by atoms with Crippen LogP contribution in [0.15, 0.2) is 0 Å². The second-order valence-electron chi connectivity index (χ2n) is 6.03. The number of amides is 1. The van der Waals surface area contributed by atoms with Crippen LogP contribution in [-0.2, 0) is 4.74 Å². The summed E-state index contributed by atoms with van der Waals surface area (Å²) in [4.78, 5) is 12.9. The lowest BCUT2D eigenvalue weighted by molar-refractivity contribution is -0.144. The van der Waals surface area contributed by atoms with Crippen molar-refractivity contribution in [1.82, 2.24) is 4.90 Å². The van der Waals surface area contributed by atoms with Crippen molar-refractivity contribution < 1.29 is 27.8 Å². The molecule has 0 aliphatic carbocycles. The Bertz CT molecular complexity index is 330. The fraction of sp³-hybridized carbons (Fsp3) is 0.917. The molecular formula is C12H20F3NO3. The lowest BCUT2D eigenvalue weighted by Crippen LogP contribution is -2.64. The summed E-state index contributed by atoms with van der Waals surface area (Å²) in [5, 5.41) is 9.91. The maximum absolute atomic E-state index is 12.0. The van der Waals surface area contributed by atoms with E-state index in [-0.39, 0.29) is 25.9 Å². The van der Waals surface area contributed by atoms with Gasteiger partial charge in [-0.3, -0.25) is 0 Å². The quantitative estimate of drug-likeness (QED) is 0.866. The zero-order valence-electron chi connectivity index (χ0n) is 11.4. The number of carbonyl (C=O) groups is 1. The van der Waals surface area contributed by atoms with Crippen LogP contribution < -0.4 is 0 Å². The molecule has 1 rings (SSSR count). The van der Waals surface area contributed by atoms with Crippen molar-refractivity contribution in [2.24, 2.45) is 0 Å². The summed E-state index contributed by atoms with van der Waals surface area (Å²) in [5.41, 5.74) is -1.83. The van der Waals surface area contributed by atoms with Gasteiger partial charge in [0.15, 0.2) is 0 Å². The standard InChI is InChI=1S/C12H20F3NO3/c1-10(2,3)19-9(17)16-7-11(18,8-16)5-4-6-12(13,14)15/h18H,4-8H2,1-3H3. The van der Waals surface area contributed by atoms with Crippen LogP contribution in [0, 0.1) is 0 Å². The highest BCUT2D eigenvalue weighted by molar-refractivity contribution is 5.69. The zero-order valence-corrected chi connectivity index (χ0v) is 11.4. The number of carbonyl (C=O) groups excluding carboxylic acids is 1. The van der Waals surface area contributed by atoms with Gasteiger partial charge in [-0.1, -0.05) is 0 Å². The molecule has 1 aliphatic heterocycles. The number of hydrogen-bond acceptors (Lipinski definition) is 3. The molecule has 1 amide bonds. The van der Waals surface area contributed by atoms with Crippen molar-refractivity contribution in [1.29, 1.82) is 0 Å². The van der Waals surface area contributed by atoms with E-state index in [0.29, 0.717) is 0 Å². The van der Waals surface area contributed by atoms with Crippen molar-refractivity contribution in [3.05, 3.63) is 0 Å². The molecule has 112 valence electrons. The topological polar surface area (TPSA) is 49.8 Å². The van der Waals surface area contributed by atoms with Crippen LogP contribution in [0.2, 0.25) is 0 Å². The van der Waals surface area contributed by atoms with Gasteiger partial charge in [-0.25, -0.2) is 4.79 Å². The van der Waals surface area contributed by atoms with Crippen molar-refractivity contribution in [3.8, 4) is 0 Å². The predicted molar refractivity (Wildman–Crippen MR) is 62.7 cm³/mol. The number of alkyl halides is 3. The molecule has 0 spiro atoms. The van der Waals surface area contributed by atoms with Gasteiger partial charge in [0, 0.05) is 6.42 Å². The molecule has 0 saturated carbocycles. The molecule has 0 bridgehead atoms. The molecule has 0 atom stereocenters. The number of ether oxygens (including phenoxy) is 1. The number of β-amino-alcohol motifs (C(OH)–C–C–N with tert-alkyl or cyclic N) is 1. The van der Waals surface area contributed by atoms with Gasteiger partial charge in [0.1, 0.15) is 5.60 Å². The molecule has 1 saturated heterocycles. The average Bonchev–Trinajstić information content (AvgIpc) is 2.08. The minimum absolute atomic E-state index is 0.0276. The molecule has 1 heterocycles. The Morgan fingerprint density at radius 3 is 2.26 bits per heavy atom. The molecule has 0 unspecified atom stereocenters. The number of nitrogens with zero attached hydrogens (tertiary/aromatic N) is 1. The smallest absolute Gasteiger partial charge is 0.410 e. The van der Waals surface area contributed by atoms with Gasteiger partial charge >= 0.3 is 12.3 Å². The second-order valence-corrected chi connectivity index (χ2v) is 6.03. The van der Waals surface area contributed by atoms with Gasteiger partial charge in [-0.05, 0) is 33.6 Å². The van der Waals surface area contributed by atoms with Gasteiger partial charge in [0.05, 0.1) is 18.7 Å². The van der Waals surface area contributed by atoms with Crippen molar-refractivity contribution >= 4 is 6.09 Å². The molecule has 1 N–H and O–H groups in total. The number of aliphatic hydroxyl groups is 1. The highest BCUT2D eigenvalue weighted by Crippen LogP contribution is 2.30. The Balaban J connectivity index is 2.29. The first-order valence-corrected chi connectivity index (χ1v) is 6.17. The monoisotopic (exact) mass is 283 g/mol. The van der Waals surface area contributed by atoms with Crippen LogP contribution in [0.3, 0.4) is 0 Å². The van der Waals surface area contributed by atoms with Crippen LogP contribution in [0.4, 0.5) is 18.0 Å². The number of hydrogen-bond donors (Lipinski definition) is 1. The third-order valence-corrected chi connectivity index (χ3v) is 2.72. The minimum Gasteiger partial charge on any atom is -0.444 e. The van der Waals surface area contributed by atoms with Gasteiger partial charge in [-0.2, -0.15) is 13.2 Å².